The van der Waals surface area contributed by atoms with E-state index in [9.17, 15) is 48.7 Å². The number of rotatable bonds is 1. The molecule has 160 valence electrons. The van der Waals surface area contributed by atoms with Crippen molar-refractivity contribution in [3.05, 3.63) is 32.4 Å². The quantitative estimate of drug-likeness (QED) is 0.198. The summed E-state index contributed by atoms with van der Waals surface area (Å²) in [5, 5.41) is 0. The van der Waals surface area contributed by atoms with E-state index < -0.39 is 82.4 Å². The van der Waals surface area contributed by atoms with Gasteiger partial charge in [-0.25, -0.2) is 0 Å². The van der Waals surface area contributed by atoms with Gasteiger partial charge in [0.05, 0.1) is 0 Å². The number of hydrogen-bond donors (Lipinski definition) is 0. The van der Waals surface area contributed by atoms with E-state index in [-0.39, 0.29) is 0 Å². The van der Waals surface area contributed by atoms with Gasteiger partial charge in [0.1, 0.15) is 0 Å². The second kappa shape index (κ2) is 6.60. The van der Waals surface area contributed by atoms with Crippen molar-refractivity contribution in [1.29, 1.82) is 0 Å². The number of hydrogen-bond acceptors (Lipinski definition) is 3. The fraction of sp³-hybridized carbons (Fsp3) is 0.500. The molecular weight excluding hydrogens is 533 g/mol. The first-order valence-corrected chi connectivity index (χ1v) is 9.84. The molecule has 0 aliphatic carbocycles. The van der Waals surface area contributed by atoms with Gasteiger partial charge in [-0.1, -0.05) is 0 Å². The minimum absolute atomic E-state index is 1.16. The molecule has 1 aromatic carbocycles. The molecule has 0 aromatic heterocycles. The third-order valence-electron chi connectivity index (χ3n) is 3.45. The fourth-order valence-corrected chi connectivity index (χ4v) is 6.56. The van der Waals surface area contributed by atoms with Crippen molar-refractivity contribution in [1.82, 2.24) is 0 Å². The third kappa shape index (κ3) is 3.21. The second-order valence-corrected chi connectivity index (χ2v) is 9.73. The Bertz CT molecular complexity index is 811. The van der Waals surface area contributed by atoms with E-state index in [4.69, 9.17) is 0 Å². The first kappa shape index (κ1) is 23.0. The van der Waals surface area contributed by atoms with Crippen LogP contribution in [0.4, 0.5) is 43.9 Å². The first-order chi connectivity index (χ1) is 12.4. The number of fused-ring (bicyclic) bond motifs is 1. The number of carbonyl (C=O) groups excluding carboxylic acids is 1. The molecule has 28 heavy (non-hydrogen) atoms. The average Bonchev–Trinajstić information content (AvgIpc) is 2.85. The van der Waals surface area contributed by atoms with Crippen LogP contribution < -0.4 is 0 Å². The Balaban J connectivity index is 2.89. The molecule has 0 radical (unpaired) electrons. The Kier molecular flexibility index (Phi) is 5.41. The zero-order valence-corrected chi connectivity index (χ0v) is 16.0. The topological polar surface area (TPSA) is 35.5 Å². The maximum absolute atomic E-state index is 14.1. The van der Waals surface area contributed by atoms with Crippen molar-refractivity contribution in [2.75, 3.05) is 0 Å². The van der Waals surface area contributed by atoms with Crippen molar-refractivity contribution in [2.45, 2.75) is 38.7 Å². The summed E-state index contributed by atoms with van der Waals surface area (Å²) in [5.74, 6) is -12.4. The van der Waals surface area contributed by atoms with Crippen LogP contribution in [-0.2, 0) is 16.5 Å². The molecule has 0 unspecified atom stereocenters. The molecule has 3 nitrogen and oxygen atoms in total. The van der Waals surface area contributed by atoms with E-state index in [1.54, 1.807) is 0 Å². The molecule has 0 fully saturated rings. The normalized spacial score (nSPS) is 18.2. The number of alkyl halides is 6. The predicted molar refractivity (Wildman–Crippen MR) is 79.4 cm³/mol. The van der Waals surface area contributed by atoms with Crippen LogP contribution in [0.3, 0.4) is 0 Å². The summed E-state index contributed by atoms with van der Waals surface area (Å²) in [6.07, 6.45) is -12.9. The Morgan fingerprint density at radius 1 is 0.857 bits per heavy atom. The molecule has 0 saturated carbocycles. The molecule has 1 aromatic rings. The van der Waals surface area contributed by atoms with Gasteiger partial charge in [-0.05, 0) is 0 Å². The van der Waals surface area contributed by atoms with Gasteiger partial charge in [0.15, 0.2) is 0 Å². The van der Waals surface area contributed by atoms with E-state index in [1.807, 2.05) is 0 Å². The molecule has 0 amide bonds. The Hall–Kier alpha value is -1.32. The van der Waals surface area contributed by atoms with E-state index in [0.717, 1.165) is 20.8 Å². The maximum atomic E-state index is 14.1. The SMILES string of the molecule is CC(C)(C)C(=O)OI1OC(C(F)(F)F)(C(F)(F)F)c2c(F)c(F)c(F)c(F)c21. The summed E-state index contributed by atoms with van der Waals surface area (Å²) >= 11 is -5.11. The van der Waals surface area contributed by atoms with Gasteiger partial charge in [-0.3, -0.25) is 0 Å². The van der Waals surface area contributed by atoms with Gasteiger partial charge in [0.2, 0.25) is 0 Å². The molecule has 14 heteroatoms. The summed E-state index contributed by atoms with van der Waals surface area (Å²) in [5.41, 5.74) is -9.65. The number of halogens is 11. The van der Waals surface area contributed by atoms with Crippen LogP contribution in [0.25, 0.3) is 0 Å². The van der Waals surface area contributed by atoms with Gasteiger partial charge >= 0.3 is 158 Å². The second-order valence-electron chi connectivity index (χ2n) is 6.53. The van der Waals surface area contributed by atoms with Crippen molar-refractivity contribution < 1.29 is 54.8 Å². The average molecular weight is 542 g/mol. The van der Waals surface area contributed by atoms with E-state index >= 15 is 0 Å². The molecule has 1 aliphatic rings. The minimum atomic E-state index is -6.47. The molecule has 0 atom stereocenters. The van der Waals surface area contributed by atoms with Crippen molar-refractivity contribution in [3.63, 3.8) is 0 Å². The van der Waals surface area contributed by atoms with Crippen LogP contribution in [0.1, 0.15) is 26.3 Å². The molecule has 0 saturated heterocycles. The molecular formula is C14H9F10IO3. The van der Waals surface area contributed by atoms with Crippen molar-refractivity contribution >= 4 is 26.6 Å². The van der Waals surface area contributed by atoms with Crippen LogP contribution in [0.2, 0.25) is 0 Å². The number of benzene rings is 1. The van der Waals surface area contributed by atoms with Crippen LogP contribution in [0.5, 0.6) is 0 Å². The summed E-state index contributed by atoms with van der Waals surface area (Å²) in [6.45, 7) is 3.47. The zero-order chi connectivity index (χ0) is 22.0. The van der Waals surface area contributed by atoms with Gasteiger partial charge < -0.3 is 0 Å². The van der Waals surface area contributed by atoms with E-state index in [0.29, 0.717) is 0 Å². The fourth-order valence-electron chi connectivity index (χ4n) is 2.01. The monoisotopic (exact) mass is 542 g/mol. The van der Waals surface area contributed by atoms with Gasteiger partial charge in [-0.15, -0.1) is 0 Å². The third-order valence-corrected chi connectivity index (χ3v) is 7.21. The summed E-state index contributed by atoms with van der Waals surface area (Å²) in [6, 6.07) is 0. The van der Waals surface area contributed by atoms with Gasteiger partial charge in [0, 0.05) is 0 Å². The standard InChI is InChI=1S/C14H9F10IO3/c1-11(2,3)10(26)27-25-9-4(5(15)6(16)7(17)8(9)18)12(28-25,13(19,20)21)14(22,23)24/h1-3H3. The molecule has 1 aliphatic heterocycles. The Morgan fingerprint density at radius 3 is 1.68 bits per heavy atom. The zero-order valence-electron chi connectivity index (χ0n) is 13.9. The van der Waals surface area contributed by atoms with E-state index in [2.05, 4.69) is 6.13 Å². The summed E-state index contributed by atoms with van der Waals surface area (Å²) in [4.78, 5) is 11.9. The van der Waals surface area contributed by atoms with Gasteiger partial charge in [0.25, 0.3) is 0 Å². The van der Waals surface area contributed by atoms with Crippen LogP contribution in [-0.4, -0.2) is 18.3 Å². The molecule has 0 N–H and O–H groups in total. The van der Waals surface area contributed by atoms with E-state index in [1.165, 1.54) is 0 Å². The molecule has 0 spiro atoms. The van der Waals surface area contributed by atoms with Crippen LogP contribution in [0, 0.1) is 32.3 Å². The van der Waals surface area contributed by atoms with Crippen LogP contribution in [0.15, 0.2) is 0 Å². The predicted octanol–water partition coefficient (Wildman–Crippen LogP) is 5.69. The first-order valence-electron chi connectivity index (χ1n) is 7.00. The van der Waals surface area contributed by atoms with Crippen LogP contribution >= 0.6 is 20.6 Å². The molecule has 1 heterocycles. The Morgan fingerprint density at radius 2 is 1.29 bits per heavy atom. The Labute approximate surface area is 158 Å². The summed E-state index contributed by atoms with van der Waals surface area (Å²) < 4.78 is 142. The molecule has 0 bridgehead atoms. The molecule has 2 rings (SSSR count). The van der Waals surface area contributed by atoms with Crippen molar-refractivity contribution in [2.24, 2.45) is 5.41 Å². The van der Waals surface area contributed by atoms with Crippen molar-refractivity contribution in [3.8, 4) is 0 Å². The summed E-state index contributed by atoms with van der Waals surface area (Å²) in [7, 11) is 0. The van der Waals surface area contributed by atoms with Gasteiger partial charge in [-0.2, -0.15) is 0 Å². The number of carbonyl (C=O) groups is 1.